The van der Waals surface area contributed by atoms with E-state index in [4.69, 9.17) is 5.26 Å². The third kappa shape index (κ3) is 1.25. The molecule has 5 heteroatoms. The summed E-state index contributed by atoms with van der Waals surface area (Å²) in [6.45, 7) is 1.90. The van der Waals surface area contributed by atoms with E-state index in [1.54, 1.807) is 0 Å². The number of nitriles is 1. The summed E-state index contributed by atoms with van der Waals surface area (Å²) >= 11 is 0.368. The number of hydrogen-bond donors (Lipinski definition) is 2. The Morgan fingerprint density at radius 1 is 1.64 bits per heavy atom. The number of hydrogen-bond acceptors (Lipinski definition) is 2. The number of aromatic nitrogens is 2. The molecular weight excluding hydrogens is 162 g/mol. The van der Waals surface area contributed by atoms with Crippen LogP contribution in [0, 0.1) is 16.0 Å². The molecule has 0 fully saturated rings. The molecule has 1 aromatic rings. The lowest BCUT2D eigenvalue weighted by atomic mass is 10.2. The number of rotatable bonds is 1. The summed E-state index contributed by atoms with van der Waals surface area (Å²) in [6.07, 6.45) is 0.688. The Balaban J connectivity index is 3.47. The molecule has 4 nitrogen and oxygen atoms in total. The fourth-order valence-corrected chi connectivity index (χ4v) is 1.33. The quantitative estimate of drug-likeness (QED) is 0.601. The lowest BCUT2D eigenvalue weighted by Gasteiger charge is -1.84. The summed E-state index contributed by atoms with van der Waals surface area (Å²) in [7, 11) is 0. The largest absolute Gasteiger partial charge is 0.290 e. The standard InChI is InChI=1S/C6H7N3OS/c1-2-4-5(3-7)8-9-6(4)11-10/h8-9H,2H2,1H3. The monoisotopic (exact) mass is 169 g/mol. The molecule has 0 aromatic carbocycles. The fraction of sp³-hybridized carbons (Fsp3) is 0.333. The molecule has 0 amide bonds. The van der Waals surface area contributed by atoms with Crippen molar-refractivity contribution in [1.29, 1.82) is 5.26 Å². The SMILES string of the molecule is CCc1c(C#N)[nH][nH]c1=S=O. The van der Waals surface area contributed by atoms with Crippen molar-refractivity contribution in [2.75, 3.05) is 0 Å². The summed E-state index contributed by atoms with van der Waals surface area (Å²) in [6, 6.07) is 1.96. The van der Waals surface area contributed by atoms with Crippen molar-refractivity contribution in [3.8, 4) is 6.07 Å². The zero-order valence-electron chi connectivity index (χ0n) is 5.97. The average Bonchev–Trinajstić information content (AvgIpc) is 2.45. The Kier molecular flexibility index (Phi) is 2.28. The summed E-state index contributed by atoms with van der Waals surface area (Å²) in [5, 5.41) is 13.8. The zero-order chi connectivity index (χ0) is 8.27. The highest BCUT2D eigenvalue weighted by atomic mass is 32.1. The van der Waals surface area contributed by atoms with Crippen LogP contribution in [-0.4, -0.2) is 14.4 Å². The summed E-state index contributed by atoms with van der Waals surface area (Å²) < 4.78 is 10.9. The average molecular weight is 169 g/mol. The molecule has 11 heavy (non-hydrogen) atoms. The van der Waals surface area contributed by atoms with Crippen LogP contribution < -0.4 is 0 Å². The van der Waals surface area contributed by atoms with Crippen molar-refractivity contribution in [1.82, 2.24) is 10.2 Å². The second-order valence-electron chi connectivity index (χ2n) is 1.98. The molecule has 0 saturated heterocycles. The number of nitrogens with one attached hydrogen (secondary N) is 2. The smallest absolute Gasteiger partial charge is 0.154 e. The number of H-pyrrole nitrogens is 2. The first-order chi connectivity index (χ1) is 5.33. The third-order valence-corrected chi connectivity index (χ3v) is 1.94. The van der Waals surface area contributed by atoms with Gasteiger partial charge in [-0.2, -0.15) is 5.26 Å². The molecule has 1 rings (SSSR count). The maximum atomic E-state index is 10.4. The molecule has 1 aromatic heterocycles. The molecular formula is C6H7N3OS. The predicted molar refractivity (Wildman–Crippen MR) is 40.6 cm³/mol. The molecule has 0 bridgehead atoms. The van der Waals surface area contributed by atoms with Crippen LogP contribution in [0.1, 0.15) is 18.2 Å². The minimum absolute atomic E-state index is 0.368. The van der Waals surface area contributed by atoms with Crippen LogP contribution in [0.4, 0.5) is 0 Å². The second kappa shape index (κ2) is 3.21. The molecule has 0 aliphatic carbocycles. The second-order valence-corrected chi connectivity index (χ2v) is 2.56. The van der Waals surface area contributed by atoms with E-state index < -0.39 is 0 Å². The van der Waals surface area contributed by atoms with Gasteiger partial charge < -0.3 is 0 Å². The summed E-state index contributed by atoms with van der Waals surface area (Å²) in [4.78, 5) is 0. The van der Waals surface area contributed by atoms with E-state index in [-0.39, 0.29) is 0 Å². The highest BCUT2D eigenvalue weighted by molar-refractivity contribution is 7.56. The molecule has 0 atom stereocenters. The maximum Gasteiger partial charge on any atom is 0.154 e. The van der Waals surface area contributed by atoms with Crippen LogP contribution in [0.2, 0.25) is 0 Å². The van der Waals surface area contributed by atoms with Gasteiger partial charge in [-0.1, -0.05) is 6.92 Å². The molecule has 2 N–H and O–H groups in total. The molecule has 0 aliphatic rings. The van der Waals surface area contributed by atoms with Crippen LogP contribution in [0.25, 0.3) is 0 Å². The molecule has 58 valence electrons. The first-order valence-corrected chi connectivity index (χ1v) is 3.90. The van der Waals surface area contributed by atoms with E-state index in [1.807, 2.05) is 13.0 Å². The Morgan fingerprint density at radius 2 is 2.36 bits per heavy atom. The van der Waals surface area contributed by atoms with Gasteiger partial charge in [0, 0.05) is 5.56 Å². The van der Waals surface area contributed by atoms with Crippen molar-refractivity contribution >= 4 is 11.3 Å². The van der Waals surface area contributed by atoms with Gasteiger partial charge in [-0.15, -0.1) is 0 Å². The van der Waals surface area contributed by atoms with Crippen molar-refractivity contribution in [3.63, 3.8) is 0 Å². The highest BCUT2D eigenvalue weighted by Gasteiger charge is 2.03. The van der Waals surface area contributed by atoms with Crippen molar-refractivity contribution in [3.05, 3.63) is 15.9 Å². The third-order valence-electron chi connectivity index (χ3n) is 1.43. The van der Waals surface area contributed by atoms with Gasteiger partial charge in [0.05, 0.1) is 0 Å². The first kappa shape index (κ1) is 7.82. The van der Waals surface area contributed by atoms with Gasteiger partial charge in [0.1, 0.15) is 23.0 Å². The zero-order valence-corrected chi connectivity index (χ0v) is 6.79. The van der Waals surface area contributed by atoms with E-state index in [1.165, 1.54) is 0 Å². The molecule has 0 aliphatic heterocycles. The predicted octanol–water partition coefficient (Wildman–Crippen LogP) is 0.522. The van der Waals surface area contributed by atoms with Crippen LogP contribution in [0.5, 0.6) is 0 Å². The van der Waals surface area contributed by atoms with Gasteiger partial charge >= 0.3 is 0 Å². The van der Waals surface area contributed by atoms with Gasteiger partial charge in [0.2, 0.25) is 0 Å². The van der Waals surface area contributed by atoms with Crippen LogP contribution >= 0.6 is 0 Å². The summed E-state index contributed by atoms with van der Waals surface area (Å²) in [5.74, 6) is 0. The van der Waals surface area contributed by atoms with Crippen molar-refractivity contribution in [2.24, 2.45) is 0 Å². The fourth-order valence-electron chi connectivity index (χ4n) is 0.888. The lowest BCUT2D eigenvalue weighted by Crippen LogP contribution is -1.82. The van der Waals surface area contributed by atoms with Gasteiger partial charge in [-0.3, -0.25) is 10.2 Å². The van der Waals surface area contributed by atoms with Crippen molar-refractivity contribution < 1.29 is 4.21 Å². The number of aromatic amines is 2. The minimum Gasteiger partial charge on any atom is -0.290 e. The molecule has 1 heterocycles. The van der Waals surface area contributed by atoms with Crippen LogP contribution in [-0.2, 0) is 17.7 Å². The van der Waals surface area contributed by atoms with E-state index in [0.29, 0.717) is 28.0 Å². The van der Waals surface area contributed by atoms with Gasteiger partial charge in [-0.25, -0.2) is 4.21 Å². The lowest BCUT2D eigenvalue weighted by molar-refractivity contribution is 0.699. The Labute approximate surface area is 66.9 Å². The van der Waals surface area contributed by atoms with E-state index >= 15 is 0 Å². The van der Waals surface area contributed by atoms with E-state index in [9.17, 15) is 4.21 Å². The van der Waals surface area contributed by atoms with E-state index in [2.05, 4.69) is 10.2 Å². The first-order valence-electron chi connectivity index (χ1n) is 3.16. The van der Waals surface area contributed by atoms with Crippen molar-refractivity contribution in [2.45, 2.75) is 13.3 Å². The molecule has 0 spiro atoms. The van der Waals surface area contributed by atoms with E-state index in [0.717, 1.165) is 5.56 Å². The Hall–Kier alpha value is -1.28. The Morgan fingerprint density at radius 3 is 2.82 bits per heavy atom. The summed E-state index contributed by atoms with van der Waals surface area (Å²) in [5.41, 5.74) is 1.22. The van der Waals surface area contributed by atoms with Crippen LogP contribution in [0.3, 0.4) is 0 Å². The highest BCUT2D eigenvalue weighted by Crippen LogP contribution is 2.04. The normalized spacial score (nSPS) is 9.09. The topological polar surface area (TPSA) is 72.4 Å². The van der Waals surface area contributed by atoms with Crippen LogP contribution in [0.15, 0.2) is 0 Å². The van der Waals surface area contributed by atoms with Gasteiger partial charge in [0.15, 0.2) is 4.64 Å². The maximum absolute atomic E-state index is 10.4. The Bertz CT molecular complexity index is 377. The van der Waals surface area contributed by atoms with Gasteiger partial charge in [0.25, 0.3) is 0 Å². The van der Waals surface area contributed by atoms with Gasteiger partial charge in [-0.05, 0) is 6.42 Å². The number of nitrogens with zero attached hydrogens (tertiary/aromatic N) is 1. The molecule has 0 unspecified atom stereocenters. The minimum atomic E-state index is 0.368. The molecule has 0 radical (unpaired) electrons. The molecule has 0 saturated carbocycles.